The van der Waals surface area contributed by atoms with E-state index in [1.807, 2.05) is 0 Å². The van der Waals surface area contributed by atoms with Gasteiger partial charge in [0.05, 0.1) is 21.3 Å². The van der Waals surface area contributed by atoms with Crippen molar-refractivity contribution in [1.82, 2.24) is 4.90 Å². The third kappa shape index (κ3) is 3.47. The maximum Gasteiger partial charge on any atom is 0.254 e. The molecule has 1 heterocycles. The topological polar surface area (TPSA) is 146 Å². The first-order chi connectivity index (χ1) is 12.1. The van der Waals surface area contributed by atoms with Gasteiger partial charge in [0.15, 0.2) is 11.5 Å². The molecule has 1 aromatic carbocycles. The molecule has 0 aliphatic carbocycles. The van der Waals surface area contributed by atoms with Gasteiger partial charge in [0, 0.05) is 15.4 Å². The van der Waals surface area contributed by atoms with Gasteiger partial charge in [0.25, 0.3) is 5.91 Å². The number of likely N-dealkylation sites (tertiary alicyclic amines) is 1. The standard InChI is InChI=1S/C14H17N7O4/c1-23-9-6-8(7-10(24-2)13(9)25-3)14(22)21-11(17-19-15)4-5-12(21)18-20-16/h6-7,11-12H,4-5H2,1-3H3/t11-,12-/m0/s1. The van der Waals surface area contributed by atoms with Crippen molar-refractivity contribution in [2.45, 2.75) is 25.2 Å². The number of nitrogens with zero attached hydrogens (tertiary/aromatic N) is 7. The zero-order chi connectivity index (χ0) is 18.4. The molecule has 132 valence electrons. The number of hydrogen-bond acceptors (Lipinski definition) is 6. The van der Waals surface area contributed by atoms with E-state index in [0.29, 0.717) is 30.1 Å². The van der Waals surface area contributed by atoms with E-state index in [-0.39, 0.29) is 5.56 Å². The van der Waals surface area contributed by atoms with Crippen molar-refractivity contribution in [3.8, 4) is 17.2 Å². The van der Waals surface area contributed by atoms with Crippen LogP contribution in [0.4, 0.5) is 0 Å². The number of amides is 1. The first kappa shape index (κ1) is 18.1. The van der Waals surface area contributed by atoms with E-state index in [9.17, 15) is 4.79 Å². The molecule has 1 amide bonds. The highest BCUT2D eigenvalue weighted by molar-refractivity contribution is 5.96. The molecule has 0 spiro atoms. The van der Waals surface area contributed by atoms with Crippen molar-refractivity contribution in [3.63, 3.8) is 0 Å². The van der Waals surface area contributed by atoms with Gasteiger partial charge in [0.1, 0.15) is 12.3 Å². The molecule has 0 N–H and O–H groups in total. The molecule has 0 saturated carbocycles. The Bertz CT molecular complexity index is 705. The van der Waals surface area contributed by atoms with Crippen molar-refractivity contribution < 1.29 is 19.0 Å². The van der Waals surface area contributed by atoms with E-state index in [4.69, 9.17) is 25.3 Å². The van der Waals surface area contributed by atoms with Crippen molar-refractivity contribution in [3.05, 3.63) is 38.6 Å². The molecule has 11 heteroatoms. The van der Waals surface area contributed by atoms with E-state index >= 15 is 0 Å². The second-order valence-corrected chi connectivity index (χ2v) is 5.07. The smallest absolute Gasteiger partial charge is 0.254 e. The lowest BCUT2D eigenvalue weighted by Crippen LogP contribution is -2.39. The van der Waals surface area contributed by atoms with Gasteiger partial charge in [-0.05, 0) is 36.0 Å². The summed E-state index contributed by atoms with van der Waals surface area (Å²) in [4.78, 5) is 19.7. The molecule has 2 rings (SSSR count). The zero-order valence-electron chi connectivity index (χ0n) is 14.0. The third-order valence-corrected chi connectivity index (χ3v) is 3.84. The maximum absolute atomic E-state index is 13.0. The Morgan fingerprint density at radius 3 is 1.88 bits per heavy atom. The Hall–Kier alpha value is -3.29. The summed E-state index contributed by atoms with van der Waals surface area (Å²) in [5.41, 5.74) is 17.6. The van der Waals surface area contributed by atoms with Crippen LogP contribution in [0.15, 0.2) is 22.4 Å². The summed E-state index contributed by atoms with van der Waals surface area (Å²) >= 11 is 0. The van der Waals surface area contributed by atoms with Crippen LogP contribution in [0, 0.1) is 0 Å². The Kier molecular flexibility index (Phi) is 5.78. The highest BCUT2D eigenvalue weighted by Crippen LogP contribution is 2.39. The summed E-state index contributed by atoms with van der Waals surface area (Å²) in [6.07, 6.45) is -0.646. The van der Waals surface area contributed by atoms with Gasteiger partial charge >= 0.3 is 0 Å². The monoisotopic (exact) mass is 347 g/mol. The molecular formula is C14H17N7O4. The largest absolute Gasteiger partial charge is 0.493 e. The van der Waals surface area contributed by atoms with Gasteiger partial charge < -0.3 is 19.1 Å². The Morgan fingerprint density at radius 2 is 1.52 bits per heavy atom. The van der Waals surface area contributed by atoms with Crippen LogP contribution < -0.4 is 14.2 Å². The first-order valence-corrected chi connectivity index (χ1v) is 7.32. The molecule has 11 nitrogen and oxygen atoms in total. The van der Waals surface area contributed by atoms with Crippen LogP contribution in [0.2, 0.25) is 0 Å². The average Bonchev–Trinajstić information content (AvgIpc) is 3.02. The molecule has 1 aliphatic heterocycles. The predicted octanol–water partition coefficient (Wildman–Crippen LogP) is 3.22. The van der Waals surface area contributed by atoms with Gasteiger partial charge in [-0.2, -0.15) is 0 Å². The normalized spacial score (nSPS) is 18.8. The Balaban J connectivity index is 2.50. The van der Waals surface area contributed by atoms with E-state index in [1.165, 1.54) is 38.4 Å². The highest BCUT2D eigenvalue weighted by atomic mass is 16.5. The van der Waals surface area contributed by atoms with Crippen molar-refractivity contribution in [2.24, 2.45) is 10.2 Å². The number of carbonyl (C=O) groups is 1. The molecular weight excluding hydrogens is 330 g/mol. The lowest BCUT2D eigenvalue weighted by Gasteiger charge is -2.26. The van der Waals surface area contributed by atoms with E-state index in [2.05, 4.69) is 20.1 Å². The third-order valence-electron chi connectivity index (χ3n) is 3.84. The summed E-state index contributed by atoms with van der Waals surface area (Å²) in [5.74, 6) is 0.503. The van der Waals surface area contributed by atoms with Crippen LogP contribution in [0.5, 0.6) is 17.2 Å². The SMILES string of the molecule is COc1cc(C(=O)N2[C@H](N=[N+]=[N-])CC[C@H]2N=[N+]=[N-])cc(OC)c1OC. The van der Waals surface area contributed by atoms with Crippen LogP contribution >= 0.6 is 0 Å². The van der Waals surface area contributed by atoms with E-state index < -0.39 is 18.2 Å². The minimum absolute atomic E-state index is 0.229. The maximum atomic E-state index is 13.0. The summed E-state index contributed by atoms with van der Waals surface area (Å²) in [5, 5.41) is 7.24. The molecule has 1 aliphatic rings. The van der Waals surface area contributed by atoms with E-state index in [1.54, 1.807) is 0 Å². The van der Waals surface area contributed by atoms with Crippen LogP contribution in [0.3, 0.4) is 0 Å². The quantitative estimate of drug-likeness (QED) is 0.441. The van der Waals surface area contributed by atoms with Crippen molar-refractivity contribution in [2.75, 3.05) is 21.3 Å². The van der Waals surface area contributed by atoms with Gasteiger partial charge in [-0.15, -0.1) is 0 Å². The summed E-state index contributed by atoms with van der Waals surface area (Å²) in [7, 11) is 4.33. The molecule has 1 saturated heterocycles. The number of ether oxygens (including phenoxy) is 3. The Morgan fingerprint density at radius 1 is 1.04 bits per heavy atom. The van der Waals surface area contributed by atoms with Crippen LogP contribution in [0.1, 0.15) is 23.2 Å². The van der Waals surface area contributed by atoms with Crippen LogP contribution in [-0.4, -0.2) is 44.5 Å². The predicted molar refractivity (Wildman–Crippen MR) is 87.4 cm³/mol. The molecule has 0 radical (unpaired) electrons. The number of azide groups is 2. The Labute approximate surface area is 143 Å². The molecule has 0 unspecified atom stereocenters. The lowest BCUT2D eigenvalue weighted by molar-refractivity contribution is 0.0675. The van der Waals surface area contributed by atoms with Gasteiger partial charge in [-0.25, -0.2) is 0 Å². The van der Waals surface area contributed by atoms with Crippen LogP contribution in [-0.2, 0) is 0 Å². The molecule has 1 fully saturated rings. The fourth-order valence-corrected chi connectivity index (χ4v) is 2.75. The number of benzene rings is 1. The number of hydrogen-bond donors (Lipinski definition) is 0. The fourth-order valence-electron chi connectivity index (χ4n) is 2.75. The minimum Gasteiger partial charge on any atom is -0.493 e. The van der Waals surface area contributed by atoms with Crippen molar-refractivity contribution >= 4 is 5.91 Å². The molecule has 0 aromatic heterocycles. The number of carbonyl (C=O) groups excluding carboxylic acids is 1. The van der Waals surface area contributed by atoms with Gasteiger partial charge in [-0.1, -0.05) is 10.2 Å². The summed E-state index contributed by atoms with van der Waals surface area (Å²) < 4.78 is 15.7. The van der Waals surface area contributed by atoms with Crippen molar-refractivity contribution in [1.29, 1.82) is 0 Å². The summed E-state index contributed by atoms with van der Waals surface area (Å²) in [6, 6.07) is 2.98. The average molecular weight is 347 g/mol. The highest BCUT2D eigenvalue weighted by Gasteiger charge is 2.37. The second kappa shape index (κ2) is 8.00. The number of methoxy groups -OCH3 is 3. The van der Waals surface area contributed by atoms with Crippen LogP contribution in [0.25, 0.3) is 20.9 Å². The minimum atomic E-state index is -0.730. The fraction of sp³-hybridized carbons (Fsp3) is 0.500. The molecule has 25 heavy (non-hydrogen) atoms. The number of rotatable bonds is 6. The van der Waals surface area contributed by atoms with Gasteiger partial charge in [-0.3, -0.25) is 4.79 Å². The molecule has 0 bridgehead atoms. The first-order valence-electron chi connectivity index (χ1n) is 7.32. The molecule has 2 atom stereocenters. The lowest BCUT2D eigenvalue weighted by atomic mass is 10.1. The summed E-state index contributed by atoms with van der Waals surface area (Å²) in [6.45, 7) is 0. The van der Waals surface area contributed by atoms with E-state index in [0.717, 1.165) is 0 Å². The van der Waals surface area contributed by atoms with Gasteiger partial charge in [0.2, 0.25) is 5.75 Å². The zero-order valence-corrected chi connectivity index (χ0v) is 14.0. The second-order valence-electron chi connectivity index (χ2n) is 5.07. The molecule has 1 aromatic rings.